The van der Waals surface area contributed by atoms with Gasteiger partial charge in [0, 0.05) is 17.3 Å². The van der Waals surface area contributed by atoms with Gasteiger partial charge in [-0.05, 0) is 98.7 Å². The molecular weight excluding hydrogens is 448 g/mol. The first-order valence-electron chi connectivity index (χ1n) is 14.9. The minimum Gasteiger partial charge on any atom is -0.469 e. The molecule has 4 heteroatoms. The van der Waals surface area contributed by atoms with Gasteiger partial charge in [0.2, 0.25) is 0 Å². The van der Waals surface area contributed by atoms with Crippen molar-refractivity contribution in [2.45, 2.75) is 118 Å². The Bertz CT molecular complexity index is 973. The smallest absolute Gasteiger partial charge is 0.314 e. The molecule has 12 atom stereocenters. The van der Waals surface area contributed by atoms with Crippen molar-refractivity contribution in [1.29, 1.82) is 0 Å². The lowest BCUT2D eigenvalue weighted by Gasteiger charge is -2.62. The van der Waals surface area contributed by atoms with Crippen molar-refractivity contribution in [3.05, 3.63) is 12.2 Å². The number of rotatable bonds is 6. The third-order valence-corrected chi connectivity index (χ3v) is 14.2. The van der Waals surface area contributed by atoms with Gasteiger partial charge in [-0.25, -0.2) is 0 Å². The molecular formula is C32H50O4. The lowest BCUT2D eigenvalue weighted by molar-refractivity contribution is -0.189. The lowest BCUT2D eigenvalue weighted by atomic mass is 9.41. The van der Waals surface area contributed by atoms with Crippen molar-refractivity contribution >= 4 is 5.97 Å². The normalized spacial score (nSPS) is 54.9. The summed E-state index contributed by atoms with van der Waals surface area (Å²) < 4.78 is 12.3. The predicted octanol–water partition coefficient (Wildman–Crippen LogP) is 6.56. The summed E-state index contributed by atoms with van der Waals surface area (Å²) in [5.41, 5.74) is 1.44. The second kappa shape index (κ2) is 7.62. The van der Waals surface area contributed by atoms with E-state index in [4.69, 9.17) is 9.47 Å². The number of allylic oxidation sites excluding steroid dienone is 1. The highest BCUT2D eigenvalue weighted by atomic mass is 16.5. The first-order chi connectivity index (χ1) is 16.8. The maximum absolute atomic E-state index is 13.1. The van der Waals surface area contributed by atoms with E-state index in [-0.39, 0.29) is 40.3 Å². The minimum atomic E-state index is -0.814. The van der Waals surface area contributed by atoms with E-state index in [2.05, 4.69) is 41.2 Å². The number of hydrogen-bond acceptors (Lipinski definition) is 4. The maximum Gasteiger partial charge on any atom is 0.314 e. The van der Waals surface area contributed by atoms with Gasteiger partial charge in [0.1, 0.15) is 0 Å². The molecule has 202 valence electrons. The molecule has 6 rings (SSSR count). The SMILES string of the molecule is C=C(CCC(C)[C@H]1CC[C@@]2(C)[C@@H]3CC[C@H]4C(C)(C(=O)OC)[C@@H](O)C[C@@H]5O[C@H](C[C@]12C)[C@]31C[C@]541)C(C)C. The van der Waals surface area contributed by atoms with Gasteiger partial charge < -0.3 is 14.6 Å². The molecule has 0 aromatic rings. The van der Waals surface area contributed by atoms with Crippen LogP contribution < -0.4 is 0 Å². The summed E-state index contributed by atoms with van der Waals surface area (Å²) >= 11 is 0. The predicted molar refractivity (Wildman–Crippen MR) is 141 cm³/mol. The highest BCUT2D eigenvalue weighted by molar-refractivity contribution is 5.78. The van der Waals surface area contributed by atoms with Gasteiger partial charge in [-0.15, -0.1) is 0 Å². The van der Waals surface area contributed by atoms with Crippen LogP contribution in [0.3, 0.4) is 0 Å². The summed E-state index contributed by atoms with van der Waals surface area (Å²) in [4.78, 5) is 13.1. The average molecular weight is 499 g/mol. The molecule has 1 saturated heterocycles. The van der Waals surface area contributed by atoms with Crippen LogP contribution in [0.25, 0.3) is 0 Å². The molecule has 1 heterocycles. The van der Waals surface area contributed by atoms with E-state index in [0.717, 1.165) is 31.6 Å². The number of carbonyl (C=O) groups excluding carboxylic acids is 1. The Balaban J connectivity index is 1.33. The van der Waals surface area contributed by atoms with Gasteiger partial charge in [-0.1, -0.05) is 46.8 Å². The van der Waals surface area contributed by atoms with E-state index < -0.39 is 11.5 Å². The van der Waals surface area contributed by atoms with Crippen LogP contribution in [0.1, 0.15) is 99.3 Å². The molecule has 0 amide bonds. The fourth-order valence-electron chi connectivity index (χ4n) is 11.9. The first-order valence-corrected chi connectivity index (χ1v) is 14.9. The largest absolute Gasteiger partial charge is 0.469 e. The molecule has 5 aliphatic carbocycles. The molecule has 0 bridgehead atoms. The Morgan fingerprint density at radius 3 is 2.39 bits per heavy atom. The van der Waals surface area contributed by atoms with Gasteiger partial charge in [-0.2, -0.15) is 0 Å². The van der Waals surface area contributed by atoms with E-state index in [9.17, 15) is 9.90 Å². The van der Waals surface area contributed by atoms with E-state index >= 15 is 0 Å². The number of aliphatic hydroxyl groups is 1. The van der Waals surface area contributed by atoms with Crippen molar-refractivity contribution in [2.24, 2.45) is 56.7 Å². The number of esters is 1. The summed E-state index contributed by atoms with van der Waals surface area (Å²) in [6.45, 7) is 18.6. The van der Waals surface area contributed by atoms with Crippen LogP contribution in [-0.2, 0) is 14.3 Å². The monoisotopic (exact) mass is 498 g/mol. The molecule has 4 nitrogen and oxygen atoms in total. The van der Waals surface area contributed by atoms with Gasteiger partial charge in [0.15, 0.2) is 0 Å². The summed E-state index contributed by atoms with van der Waals surface area (Å²) in [6, 6.07) is 0. The lowest BCUT2D eigenvalue weighted by Crippen LogP contribution is -2.62. The van der Waals surface area contributed by atoms with E-state index in [0.29, 0.717) is 29.6 Å². The van der Waals surface area contributed by atoms with E-state index in [1.54, 1.807) is 0 Å². The van der Waals surface area contributed by atoms with Crippen molar-refractivity contribution in [1.82, 2.24) is 0 Å². The Hall–Kier alpha value is -0.870. The van der Waals surface area contributed by atoms with E-state index in [1.807, 2.05) is 6.92 Å². The maximum atomic E-state index is 13.1. The number of aliphatic hydroxyl groups excluding tert-OH is 1. The molecule has 0 aromatic carbocycles. The molecule has 1 aliphatic heterocycles. The highest BCUT2D eigenvalue weighted by Crippen LogP contribution is 2.92. The molecule has 6 aliphatic rings. The van der Waals surface area contributed by atoms with Gasteiger partial charge in [0.05, 0.1) is 30.8 Å². The van der Waals surface area contributed by atoms with Gasteiger partial charge >= 0.3 is 5.97 Å². The summed E-state index contributed by atoms with van der Waals surface area (Å²) in [7, 11) is 1.48. The number of hydrogen-bond donors (Lipinski definition) is 1. The molecule has 2 spiro atoms. The topological polar surface area (TPSA) is 55.8 Å². The highest BCUT2D eigenvalue weighted by Gasteiger charge is 2.91. The Morgan fingerprint density at radius 2 is 1.72 bits per heavy atom. The van der Waals surface area contributed by atoms with Crippen molar-refractivity contribution in [3.63, 3.8) is 0 Å². The fourth-order valence-corrected chi connectivity index (χ4v) is 11.9. The van der Waals surface area contributed by atoms with Crippen LogP contribution in [-0.4, -0.2) is 36.5 Å². The van der Waals surface area contributed by atoms with Crippen LogP contribution in [0.5, 0.6) is 0 Å². The second-order valence-corrected chi connectivity index (χ2v) is 15.1. The number of fused-ring (bicyclic) bond motifs is 2. The molecule has 5 saturated carbocycles. The van der Waals surface area contributed by atoms with Crippen LogP contribution in [0.2, 0.25) is 0 Å². The van der Waals surface area contributed by atoms with Gasteiger partial charge in [-0.3, -0.25) is 4.79 Å². The van der Waals surface area contributed by atoms with Crippen molar-refractivity contribution in [2.75, 3.05) is 7.11 Å². The summed E-state index contributed by atoms with van der Waals surface area (Å²) in [6.07, 6.45) is 9.84. The number of methoxy groups -OCH3 is 1. The summed E-state index contributed by atoms with van der Waals surface area (Å²) in [5.74, 6) is 2.59. The first kappa shape index (κ1) is 25.4. The molecule has 1 N–H and O–H groups in total. The second-order valence-electron chi connectivity index (χ2n) is 15.1. The van der Waals surface area contributed by atoms with Gasteiger partial charge in [0.25, 0.3) is 0 Å². The number of carbonyl (C=O) groups is 1. The van der Waals surface area contributed by atoms with Crippen LogP contribution in [0, 0.1) is 56.7 Å². The Kier molecular flexibility index (Phi) is 5.38. The van der Waals surface area contributed by atoms with Crippen LogP contribution in [0.15, 0.2) is 12.2 Å². The fraction of sp³-hybridized carbons (Fsp3) is 0.906. The molecule has 2 unspecified atom stereocenters. The summed E-state index contributed by atoms with van der Waals surface area (Å²) in [5, 5.41) is 11.3. The Labute approximate surface area is 219 Å². The Morgan fingerprint density at radius 1 is 1.06 bits per heavy atom. The van der Waals surface area contributed by atoms with Crippen LogP contribution in [0.4, 0.5) is 0 Å². The molecule has 36 heavy (non-hydrogen) atoms. The quantitative estimate of drug-likeness (QED) is 0.333. The zero-order valence-corrected chi connectivity index (χ0v) is 23.9. The standard InChI is InChI=1S/C32H50O4/c1-18(2)19(3)9-10-20(4)21-13-14-28(5)22-11-12-23-30(7,27(34)35-8)24(33)15-25-32(23)17-31(22,32)26(36-25)16-29(21,28)6/h18,20-26,33H,3,9-17H2,1-2,4-8H3/t20?,21-,22+,23+,24+,25+,26-,28+,29-,30?,31+,32-/m1/s1. The molecule has 0 aromatic heterocycles. The average Bonchev–Trinajstić information content (AvgIpc) is 3.38. The molecule has 6 fully saturated rings. The third-order valence-electron chi connectivity index (χ3n) is 14.2. The van der Waals surface area contributed by atoms with Crippen molar-refractivity contribution in [3.8, 4) is 0 Å². The zero-order valence-electron chi connectivity index (χ0n) is 23.9. The molecule has 0 radical (unpaired) electrons. The van der Waals surface area contributed by atoms with Crippen molar-refractivity contribution < 1.29 is 19.4 Å². The minimum absolute atomic E-state index is 0.0613. The zero-order chi connectivity index (χ0) is 26.1. The number of ether oxygens (including phenoxy) is 2. The van der Waals surface area contributed by atoms with Crippen LogP contribution >= 0.6 is 0 Å². The third kappa shape index (κ3) is 2.63. The van der Waals surface area contributed by atoms with E-state index in [1.165, 1.54) is 38.4 Å².